The normalized spacial score (nSPS) is 18.5. The Morgan fingerprint density at radius 3 is 2.73 bits per heavy atom. The molecule has 1 fully saturated rings. The van der Waals surface area contributed by atoms with Gasteiger partial charge in [0, 0.05) is 67.5 Å². The number of nitrogens with two attached hydrogens (primary N) is 2. The van der Waals surface area contributed by atoms with Gasteiger partial charge in [-0.2, -0.15) is 4.98 Å². The molecule has 1 atom stereocenters. The van der Waals surface area contributed by atoms with Gasteiger partial charge in [-0.15, -0.1) is 6.42 Å². The van der Waals surface area contributed by atoms with Crippen molar-refractivity contribution >= 4 is 28.4 Å². The van der Waals surface area contributed by atoms with Crippen molar-refractivity contribution in [1.82, 2.24) is 23.9 Å². The predicted octanol–water partition coefficient (Wildman–Crippen LogP) is 3.69. The molecular weight excluding hydrogens is 460 g/mol. The van der Waals surface area contributed by atoms with Gasteiger partial charge in [-0.05, 0) is 60.1 Å². The Hall–Kier alpha value is -4.35. The van der Waals surface area contributed by atoms with E-state index in [2.05, 4.69) is 44.6 Å². The SMILES string of the molecule is C#Cc1ccc2c(c1)CC1(CCN(c3nc(N)c(-c4cn(C)c5ncccc45)c4nccn34)CC1)[C@@H]2N. The van der Waals surface area contributed by atoms with Gasteiger partial charge in [-0.25, -0.2) is 9.97 Å². The Balaban J connectivity index is 1.23. The highest BCUT2D eigenvalue weighted by molar-refractivity contribution is 6.01. The molecule has 1 aliphatic carbocycles. The molecule has 37 heavy (non-hydrogen) atoms. The molecule has 2 aliphatic rings. The van der Waals surface area contributed by atoms with Gasteiger partial charge in [0.1, 0.15) is 11.5 Å². The van der Waals surface area contributed by atoms with E-state index < -0.39 is 0 Å². The fraction of sp³-hybridized carbons (Fsp3) is 0.276. The molecular formula is C29H28N8. The predicted molar refractivity (Wildman–Crippen MR) is 146 cm³/mol. The lowest BCUT2D eigenvalue weighted by Crippen LogP contribution is -2.45. The molecule has 4 N–H and O–H groups in total. The summed E-state index contributed by atoms with van der Waals surface area (Å²) < 4.78 is 4.07. The first kappa shape index (κ1) is 21.9. The maximum Gasteiger partial charge on any atom is 0.213 e. The number of piperidine rings is 1. The van der Waals surface area contributed by atoms with Crippen molar-refractivity contribution in [3.8, 4) is 23.5 Å². The molecule has 8 heteroatoms. The minimum absolute atomic E-state index is 0.0186. The molecule has 8 nitrogen and oxygen atoms in total. The molecule has 5 aromatic rings. The van der Waals surface area contributed by atoms with Crippen LogP contribution in [-0.2, 0) is 13.5 Å². The first-order valence-corrected chi connectivity index (χ1v) is 12.6. The number of hydrogen-bond donors (Lipinski definition) is 2. The molecule has 0 amide bonds. The number of anilines is 2. The summed E-state index contributed by atoms with van der Waals surface area (Å²) in [4.78, 5) is 16.5. The number of nitrogens with zero attached hydrogens (tertiary/aromatic N) is 6. The van der Waals surface area contributed by atoms with Crippen molar-refractivity contribution in [2.24, 2.45) is 18.2 Å². The quantitative estimate of drug-likeness (QED) is 0.368. The minimum Gasteiger partial charge on any atom is -0.383 e. The second kappa shape index (κ2) is 7.82. The van der Waals surface area contributed by atoms with Crippen LogP contribution >= 0.6 is 0 Å². The fourth-order valence-corrected chi connectivity index (χ4v) is 6.49. The van der Waals surface area contributed by atoms with Crippen LogP contribution in [0.15, 0.2) is 55.1 Å². The molecule has 1 aromatic carbocycles. The average molecular weight is 489 g/mol. The highest BCUT2D eigenvalue weighted by Crippen LogP contribution is 2.51. The zero-order valence-corrected chi connectivity index (χ0v) is 20.7. The molecule has 184 valence electrons. The molecule has 0 radical (unpaired) electrons. The van der Waals surface area contributed by atoms with Crippen LogP contribution in [-0.4, -0.2) is 37.0 Å². The summed E-state index contributed by atoms with van der Waals surface area (Å²) in [5, 5.41) is 1.03. The van der Waals surface area contributed by atoms with E-state index in [9.17, 15) is 0 Å². The van der Waals surface area contributed by atoms with Gasteiger partial charge in [0.2, 0.25) is 5.95 Å². The minimum atomic E-state index is 0.0186. The van der Waals surface area contributed by atoms with Gasteiger partial charge in [-0.1, -0.05) is 12.0 Å². The second-order valence-electron chi connectivity index (χ2n) is 10.4. The number of pyridine rings is 1. The lowest BCUT2D eigenvalue weighted by Gasteiger charge is -2.42. The summed E-state index contributed by atoms with van der Waals surface area (Å²) in [5.41, 5.74) is 20.5. The van der Waals surface area contributed by atoms with E-state index in [1.165, 1.54) is 11.1 Å². The smallest absolute Gasteiger partial charge is 0.213 e. The Kier molecular flexibility index (Phi) is 4.63. The van der Waals surface area contributed by atoms with Gasteiger partial charge < -0.3 is 20.9 Å². The van der Waals surface area contributed by atoms with Crippen molar-refractivity contribution in [2.75, 3.05) is 23.7 Å². The topological polar surface area (TPSA) is 103 Å². The summed E-state index contributed by atoms with van der Waals surface area (Å²) in [7, 11) is 1.99. The number of fused-ring (bicyclic) bond motifs is 3. The van der Waals surface area contributed by atoms with Crippen molar-refractivity contribution in [1.29, 1.82) is 0 Å². The molecule has 0 saturated carbocycles. The van der Waals surface area contributed by atoms with Crippen LogP contribution in [0.5, 0.6) is 0 Å². The van der Waals surface area contributed by atoms with Crippen LogP contribution in [0.2, 0.25) is 0 Å². The second-order valence-corrected chi connectivity index (χ2v) is 10.4. The molecule has 0 unspecified atom stereocenters. The lowest BCUT2D eigenvalue weighted by molar-refractivity contribution is 0.187. The largest absolute Gasteiger partial charge is 0.383 e. The number of hydrogen-bond acceptors (Lipinski definition) is 6. The van der Waals surface area contributed by atoms with Crippen LogP contribution in [0.1, 0.15) is 35.6 Å². The highest BCUT2D eigenvalue weighted by atomic mass is 15.3. The monoisotopic (exact) mass is 488 g/mol. The maximum atomic E-state index is 6.83. The van der Waals surface area contributed by atoms with Crippen molar-refractivity contribution in [3.63, 3.8) is 0 Å². The van der Waals surface area contributed by atoms with E-state index in [0.717, 1.165) is 71.7 Å². The van der Waals surface area contributed by atoms with Gasteiger partial charge in [-0.3, -0.25) is 4.40 Å². The fourth-order valence-electron chi connectivity index (χ4n) is 6.49. The molecule has 0 bridgehead atoms. The van der Waals surface area contributed by atoms with Crippen LogP contribution in [0, 0.1) is 17.8 Å². The first-order chi connectivity index (χ1) is 18.0. The summed E-state index contributed by atoms with van der Waals surface area (Å²) in [6.07, 6.45) is 16.2. The number of benzene rings is 1. The van der Waals surface area contributed by atoms with E-state index in [4.69, 9.17) is 27.9 Å². The van der Waals surface area contributed by atoms with Crippen LogP contribution in [0.25, 0.3) is 27.8 Å². The van der Waals surface area contributed by atoms with Crippen molar-refractivity contribution in [3.05, 3.63) is 71.8 Å². The average Bonchev–Trinajstić information content (AvgIpc) is 3.60. The van der Waals surface area contributed by atoms with Crippen molar-refractivity contribution in [2.45, 2.75) is 25.3 Å². The Morgan fingerprint density at radius 2 is 1.92 bits per heavy atom. The Morgan fingerprint density at radius 1 is 1.11 bits per heavy atom. The lowest BCUT2D eigenvalue weighted by atomic mass is 9.73. The number of aryl methyl sites for hydroxylation is 1. The third-order valence-electron chi connectivity index (χ3n) is 8.45. The zero-order chi connectivity index (χ0) is 25.3. The Labute approximate surface area is 215 Å². The summed E-state index contributed by atoms with van der Waals surface area (Å²) in [6, 6.07) is 10.3. The summed E-state index contributed by atoms with van der Waals surface area (Å²) in [5.74, 6) is 4.05. The molecule has 1 saturated heterocycles. The maximum absolute atomic E-state index is 6.83. The van der Waals surface area contributed by atoms with Crippen LogP contribution < -0.4 is 16.4 Å². The van der Waals surface area contributed by atoms with Gasteiger partial charge >= 0.3 is 0 Å². The number of nitrogen functional groups attached to an aromatic ring is 1. The van der Waals surface area contributed by atoms with E-state index in [-0.39, 0.29) is 11.5 Å². The van der Waals surface area contributed by atoms with E-state index in [1.54, 1.807) is 6.20 Å². The number of aromatic nitrogens is 5. The molecule has 1 spiro atoms. The molecule has 4 aromatic heterocycles. The first-order valence-electron chi connectivity index (χ1n) is 12.6. The number of imidazole rings is 1. The third-order valence-corrected chi connectivity index (χ3v) is 8.45. The van der Waals surface area contributed by atoms with E-state index in [0.29, 0.717) is 5.82 Å². The van der Waals surface area contributed by atoms with Crippen LogP contribution in [0.4, 0.5) is 11.8 Å². The zero-order valence-electron chi connectivity index (χ0n) is 20.7. The van der Waals surface area contributed by atoms with Crippen LogP contribution in [0.3, 0.4) is 0 Å². The standard InChI is InChI=1S/C29H28N8/c1-3-18-6-7-20-19(15-18)16-29(24(20)30)8-12-36(13-9-29)28-34-25(31)23(27-33-11-14-37(27)28)22-17-35(2)26-21(22)5-4-10-32-26/h1,4-7,10-11,14-15,17,24H,8-9,12-13,16,30-31H2,2H3/t24-/m1/s1. The number of terminal acetylenes is 1. The molecule has 1 aliphatic heterocycles. The third kappa shape index (κ3) is 3.11. The van der Waals surface area contributed by atoms with E-state index in [1.807, 2.05) is 36.1 Å². The molecule has 5 heterocycles. The molecule has 7 rings (SSSR count). The Bertz CT molecular complexity index is 1730. The van der Waals surface area contributed by atoms with Gasteiger partial charge in [0.15, 0.2) is 5.65 Å². The number of rotatable bonds is 2. The van der Waals surface area contributed by atoms with Gasteiger partial charge in [0.05, 0.1) is 5.56 Å². The van der Waals surface area contributed by atoms with Gasteiger partial charge in [0.25, 0.3) is 0 Å². The van der Waals surface area contributed by atoms with E-state index >= 15 is 0 Å². The summed E-state index contributed by atoms with van der Waals surface area (Å²) in [6.45, 7) is 1.70. The summed E-state index contributed by atoms with van der Waals surface area (Å²) >= 11 is 0. The highest BCUT2D eigenvalue weighted by Gasteiger charge is 2.46. The van der Waals surface area contributed by atoms with Crippen molar-refractivity contribution < 1.29 is 0 Å².